The van der Waals surface area contributed by atoms with Crippen molar-refractivity contribution in [2.45, 2.75) is 38.1 Å². The second-order valence-electron chi connectivity index (χ2n) is 7.04. The molecule has 156 valence electrons. The third-order valence-electron chi connectivity index (χ3n) is 5.11. The van der Waals surface area contributed by atoms with Gasteiger partial charge in [-0.2, -0.15) is 0 Å². The van der Waals surface area contributed by atoms with E-state index in [0.717, 1.165) is 32.1 Å². The van der Waals surface area contributed by atoms with E-state index < -0.39 is 6.09 Å². The average Bonchev–Trinajstić information content (AvgIpc) is 2.99. The van der Waals surface area contributed by atoms with E-state index in [1.165, 1.54) is 23.1 Å². The summed E-state index contributed by atoms with van der Waals surface area (Å²) in [6, 6.07) is 4.48. The highest BCUT2D eigenvalue weighted by atomic mass is 35.5. The number of imide groups is 1. The number of carbonyl (C=O) groups excluding carboxylic acids is 4. The lowest BCUT2D eigenvalue weighted by Crippen LogP contribution is -2.40. The van der Waals surface area contributed by atoms with E-state index in [1.54, 1.807) is 0 Å². The normalized spacial score (nSPS) is 16.5. The highest BCUT2D eigenvalue weighted by Gasteiger charge is 2.40. The number of benzene rings is 1. The first kappa shape index (κ1) is 21.1. The molecule has 1 aromatic rings. The minimum absolute atomic E-state index is 0.0574. The summed E-state index contributed by atoms with van der Waals surface area (Å²) in [5.41, 5.74) is 0.914. The number of amides is 4. The zero-order valence-corrected chi connectivity index (χ0v) is 16.8. The molecule has 1 saturated carbocycles. The van der Waals surface area contributed by atoms with Gasteiger partial charge in [-0.3, -0.25) is 19.3 Å². The highest BCUT2D eigenvalue weighted by Crippen LogP contribution is 2.31. The lowest BCUT2D eigenvalue weighted by atomic mass is 9.94. The number of nitrogens with one attached hydrogen (secondary N) is 2. The first-order valence-corrected chi connectivity index (χ1v) is 10.3. The fourth-order valence-corrected chi connectivity index (χ4v) is 3.77. The fourth-order valence-electron chi connectivity index (χ4n) is 3.70. The molecule has 0 bridgehead atoms. The zero-order chi connectivity index (χ0) is 20.8. The lowest BCUT2D eigenvalue weighted by molar-refractivity contribution is 0.0548. The van der Waals surface area contributed by atoms with E-state index in [4.69, 9.17) is 16.3 Å². The van der Waals surface area contributed by atoms with Crippen molar-refractivity contribution in [2.75, 3.05) is 25.6 Å². The lowest BCUT2D eigenvalue weighted by Gasteiger charge is -2.29. The fraction of sp³-hybridized carbons (Fsp3) is 0.500. The van der Waals surface area contributed by atoms with Crippen molar-refractivity contribution in [1.82, 2.24) is 15.5 Å². The van der Waals surface area contributed by atoms with Crippen LogP contribution in [0, 0.1) is 0 Å². The number of fused-ring (bicyclic) bond motifs is 1. The van der Waals surface area contributed by atoms with E-state index in [9.17, 15) is 19.2 Å². The van der Waals surface area contributed by atoms with Crippen LogP contribution in [0.1, 0.15) is 63.2 Å². The van der Waals surface area contributed by atoms with E-state index in [2.05, 4.69) is 10.6 Å². The van der Waals surface area contributed by atoms with Crippen molar-refractivity contribution in [3.05, 3.63) is 34.9 Å². The van der Waals surface area contributed by atoms with Gasteiger partial charge in [0.05, 0.1) is 17.0 Å². The molecule has 0 spiro atoms. The van der Waals surface area contributed by atoms with Crippen LogP contribution in [0.3, 0.4) is 0 Å². The van der Waals surface area contributed by atoms with Crippen molar-refractivity contribution in [3.8, 4) is 0 Å². The monoisotopic (exact) mass is 421 g/mol. The maximum atomic E-state index is 12.8. The Bertz CT molecular complexity index is 807. The highest BCUT2D eigenvalue weighted by molar-refractivity contribution is 6.22. The summed E-state index contributed by atoms with van der Waals surface area (Å²) in [5.74, 6) is -0.777. The molecule has 1 aliphatic heterocycles. The predicted octanol–water partition coefficient (Wildman–Crippen LogP) is 2.31. The number of carbonyl (C=O) groups is 4. The number of rotatable bonds is 7. The van der Waals surface area contributed by atoms with Crippen LogP contribution in [-0.4, -0.2) is 60.3 Å². The Hall–Kier alpha value is -2.61. The number of nitrogens with zero attached hydrogens (tertiary/aromatic N) is 1. The molecule has 1 heterocycles. The summed E-state index contributed by atoms with van der Waals surface area (Å²) in [4.78, 5) is 50.5. The van der Waals surface area contributed by atoms with Gasteiger partial charge in [0, 0.05) is 24.7 Å². The van der Waals surface area contributed by atoms with Gasteiger partial charge in [0.2, 0.25) is 0 Å². The quantitative estimate of drug-likeness (QED) is 0.399. The molecular weight excluding hydrogens is 398 g/mol. The first-order chi connectivity index (χ1) is 14.0. The maximum absolute atomic E-state index is 12.8. The number of ether oxygens (including phenoxy) is 1. The van der Waals surface area contributed by atoms with Crippen LogP contribution in [0.2, 0.25) is 0 Å². The van der Waals surface area contributed by atoms with E-state index in [0.29, 0.717) is 11.1 Å². The summed E-state index contributed by atoms with van der Waals surface area (Å²) >= 11 is 5.42. The molecule has 29 heavy (non-hydrogen) atoms. The van der Waals surface area contributed by atoms with E-state index in [-0.39, 0.29) is 54.9 Å². The van der Waals surface area contributed by atoms with Gasteiger partial charge in [-0.05, 0) is 31.0 Å². The van der Waals surface area contributed by atoms with Gasteiger partial charge < -0.3 is 15.4 Å². The number of alkyl carbamates (subject to hydrolysis) is 1. The van der Waals surface area contributed by atoms with Crippen molar-refractivity contribution in [3.63, 3.8) is 0 Å². The molecule has 9 heteroatoms. The van der Waals surface area contributed by atoms with E-state index in [1.807, 2.05) is 0 Å². The van der Waals surface area contributed by atoms with Crippen LogP contribution in [-0.2, 0) is 4.74 Å². The van der Waals surface area contributed by atoms with Crippen molar-refractivity contribution >= 4 is 35.4 Å². The maximum Gasteiger partial charge on any atom is 0.407 e. The molecule has 1 aliphatic carbocycles. The Labute approximate surface area is 173 Å². The van der Waals surface area contributed by atoms with Gasteiger partial charge in [-0.1, -0.05) is 19.3 Å². The van der Waals surface area contributed by atoms with Crippen molar-refractivity contribution in [2.24, 2.45) is 0 Å². The molecule has 1 fully saturated rings. The minimum Gasteiger partial charge on any atom is -0.448 e. The SMILES string of the molecule is O=C(NCCNC(=O)c1ccc2c(c1)C(=O)N(C1CCCCC1)C2=O)OCCCl. The second-order valence-corrected chi connectivity index (χ2v) is 7.42. The zero-order valence-electron chi connectivity index (χ0n) is 16.0. The molecule has 4 amide bonds. The topological polar surface area (TPSA) is 105 Å². The summed E-state index contributed by atoms with van der Waals surface area (Å²) in [6.45, 7) is 0.483. The van der Waals surface area contributed by atoms with Crippen LogP contribution in [0.25, 0.3) is 0 Å². The molecule has 0 radical (unpaired) electrons. The van der Waals surface area contributed by atoms with Gasteiger partial charge in [0.25, 0.3) is 17.7 Å². The Kier molecular flexibility index (Phi) is 7.09. The van der Waals surface area contributed by atoms with Gasteiger partial charge in [-0.15, -0.1) is 11.6 Å². The van der Waals surface area contributed by atoms with Crippen molar-refractivity contribution < 1.29 is 23.9 Å². The summed E-state index contributed by atoms with van der Waals surface area (Å²) < 4.78 is 4.75. The summed E-state index contributed by atoms with van der Waals surface area (Å²) in [7, 11) is 0. The predicted molar refractivity (Wildman–Crippen MR) is 106 cm³/mol. The number of hydrogen-bond acceptors (Lipinski definition) is 5. The molecule has 3 rings (SSSR count). The smallest absolute Gasteiger partial charge is 0.407 e. The Balaban J connectivity index is 1.58. The first-order valence-electron chi connectivity index (χ1n) is 9.79. The molecule has 1 aromatic carbocycles. The Morgan fingerprint density at radius 3 is 2.45 bits per heavy atom. The third kappa shape index (κ3) is 4.87. The van der Waals surface area contributed by atoms with Gasteiger partial charge in [0.15, 0.2) is 0 Å². The standard InChI is InChI=1S/C20H24ClN3O5/c21-8-11-29-20(28)23-10-9-22-17(25)13-6-7-15-16(12-13)19(27)24(18(15)26)14-4-2-1-3-5-14/h6-7,12,14H,1-5,8-11H2,(H,22,25)(H,23,28). The van der Waals surface area contributed by atoms with Crippen LogP contribution >= 0.6 is 11.6 Å². The molecule has 2 aliphatic rings. The van der Waals surface area contributed by atoms with Gasteiger partial charge in [0.1, 0.15) is 6.61 Å². The molecule has 0 atom stereocenters. The van der Waals surface area contributed by atoms with Crippen molar-refractivity contribution in [1.29, 1.82) is 0 Å². The molecule has 0 unspecified atom stereocenters. The molecule has 2 N–H and O–H groups in total. The van der Waals surface area contributed by atoms with Crippen LogP contribution < -0.4 is 10.6 Å². The van der Waals surface area contributed by atoms with Gasteiger partial charge >= 0.3 is 6.09 Å². The summed E-state index contributed by atoms with van der Waals surface area (Å²) in [6.07, 6.45) is 4.21. The number of halogens is 1. The second kappa shape index (κ2) is 9.73. The third-order valence-corrected chi connectivity index (χ3v) is 5.26. The molecular formula is C20H24ClN3O5. The largest absolute Gasteiger partial charge is 0.448 e. The van der Waals surface area contributed by atoms with E-state index >= 15 is 0 Å². The van der Waals surface area contributed by atoms with Crippen LogP contribution in [0.15, 0.2) is 18.2 Å². The molecule has 0 saturated heterocycles. The molecule has 0 aromatic heterocycles. The van der Waals surface area contributed by atoms with Crippen LogP contribution in [0.4, 0.5) is 4.79 Å². The number of alkyl halides is 1. The van der Waals surface area contributed by atoms with Gasteiger partial charge in [-0.25, -0.2) is 4.79 Å². The average molecular weight is 422 g/mol. The Morgan fingerprint density at radius 2 is 1.72 bits per heavy atom. The Morgan fingerprint density at radius 1 is 1.03 bits per heavy atom. The number of hydrogen-bond donors (Lipinski definition) is 2. The van der Waals surface area contributed by atoms with Crippen LogP contribution in [0.5, 0.6) is 0 Å². The molecule has 8 nitrogen and oxygen atoms in total. The minimum atomic E-state index is -0.607. The summed E-state index contributed by atoms with van der Waals surface area (Å²) in [5, 5.41) is 5.14.